The van der Waals surface area contributed by atoms with Crippen LogP contribution in [0, 0.1) is 17.6 Å². The second kappa shape index (κ2) is 11.8. The third-order valence-electron chi connectivity index (χ3n) is 7.24. The number of amides is 1. The Labute approximate surface area is 228 Å². The summed E-state index contributed by atoms with van der Waals surface area (Å²) in [4.78, 5) is 28.2. The number of ether oxygens (including phenoxy) is 1. The van der Waals surface area contributed by atoms with Gasteiger partial charge in [0.15, 0.2) is 11.5 Å². The Balaban J connectivity index is 1.61. The molecule has 4 rings (SSSR count). The molecule has 0 spiro atoms. The van der Waals surface area contributed by atoms with Crippen molar-refractivity contribution in [2.75, 3.05) is 19.1 Å². The number of anilines is 1. The number of alkyl halides is 3. The first-order valence-electron chi connectivity index (χ1n) is 12.9. The van der Waals surface area contributed by atoms with Crippen molar-refractivity contribution in [3.05, 3.63) is 76.6 Å². The Kier molecular flexibility index (Phi) is 8.60. The van der Waals surface area contributed by atoms with Gasteiger partial charge in [0.05, 0.1) is 13.7 Å². The molecule has 0 radical (unpaired) electrons. The van der Waals surface area contributed by atoms with E-state index in [-0.39, 0.29) is 36.3 Å². The van der Waals surface area contributed by atoms with Crippen molar-refractivity contribution in [1.82, 2.24) is 9.78 Å². The summed E-state index contributed by atoms with van der Waals surface area (Å²) in [5, 5.41) is 3.78. The number of halogens is 5. The minimum atomic E-state index is -4.66. The van der Waals surface area contributed by atoms with E-state index in [9.17, 15) is 31.5 Å². The number of hydrogen-bond donors (Lipinski definition) is 0. The topological polar surface area (TPSA) is 64.4 Å². The summed E-state index contributed by atoms with van der Waals surface area (Å²) in [5.41, 5.74) is 0.192. The normalized spacial score (nSPS) is 15.8. The highest BCUT2D eigenvalue weighted by Gasteiger charge is 2.41. The van der Waals surface area contributed by atoms with E-state index in [1.165, 1.54) is 19.1 Å². The SMILES string of the molecule is COc1ccc(N(C)C(=O)C(CC(=O)Cn2nc(C(F)(F)F)c3c2C(C)CCC3)Cc2cc(F)cc(F)c2)cc1. The Hall–Kier alpha value is -3.76. The highest BCUT2D eigenvalue weighted by atomic mass is 19.4. The van der Waals surface area contributed by atoms with Crippen molar-refractivity contribution in [2.45, 2.75) is 57.7 Å². The van der Waals surface area contributed by atoms with Crippen LogP contribution in [-0.2, 0) is 35.2 Å². The van der Waals surface area contributed by atoms with Gasteiger partial charge in [0.25, 0.3) is 0 Å². The maximum atomic E-state index is 13.9. The minimum Gasteiger partial charge on any atom is -0.497 e. The van der Waals surface area contributed by atoms with Gasteiger partial charge < -0.3 is 9.64 Å². The second-order valence-corrected chi connectivity index (χ2v) is 10.2. The van der Waals surface area contributed by atoms with Crippen molar-refractivity contribution in [3.8, 4) is 5.75 Å². The van der Waals surface area contributed by atoms with Crippen LogP contribution < -0.4 is 9.64 Å². The molecule has 0 saturated carbocycles. The zero-order valence-corrected chi connectivity index (χ0v) is 22.4. The van der Waals surface area contributed by atoms with Crippen LogP contribution >= 0.6 is 0 Å². The first-order valence-corrected chi connectivity index (χ1v) is 12.9. The standard InChI is InChI=1S/C29H30F5N3O3/c1-17-5-4-6-25-26(17)37(35-27(25)29(32,33)34)16-23(38)14-19(11-18-12-20(30)15-21(31)13-18)28(39)36(2)22-7-9-24(40-3)10-8-22/h7-10,12-13,15,17,19H,4-6,11,14,16H2,1-3H3. The highest BCUT2D eigenvalue weighted by Crippen LogP contribution is 2.40. The van der Waals surface area contributed by atoms with Gasteiger partial charge in [0, 0.05) is 42.4 Å². The van der Waals surface area contributed by atoms with Crippen LogP contribution in [-0.4, -0.2) is 35.6 Å². The van der Waals surface area contributed by atoms with Gasteiger partial charge in [0.1, 0.15) is 17.4 Å². The van der Waals surface area contributed by atoms with E-state index in [1.807, 2.05) is 0 Å². The van der Waals surface area contributed by atoms with E-state index < -0.39 is 47.7 Å². The molecule has 2 atom stereocenters. The number of rotatable bonds is 9. The summed E-state index contributed by atoms with van der Waals surface area (Å²) in [7, 11) is 3.01. The van der Waals surface area contributed by atoms with E-state index in [2.05, 4.69) is 5.10 Å². The van der Waals surface area contributed by atoms with Crippen molar-refractivity contribution in [3.63, 3.8) is 0 Å². The number of fused-ring (bicyclic) bond motifs is 1. The lowest BCUT2D eigenvalue weighted by atomic mass is 9.87. The van der Waals surface area contributed by atoms with E-state index in [0.29, 0.717) is 36.0 Å². The predicted molar refractivity (Wildman–Crippen MR) is 138 cm³/mol. The summed E-state index contributed by atoms with van der Waals surface area (Å²) in [6.07, 6.45) is -3.68. The molecule has 2 aromatic carbocycles. The molecule has 6 nitrogen and oxygen atoms in total. The zero-order chi connectivity index (χ0) is 29.2. The molecule has 1 amide bonds. The molecule has 2 unspecified atom stereocenters. The molecule has 0 N–H and O–H groups in total. The van der Waals surface area contributed by atoms with Crippen LogP contribution in [0.3, 0.4) is 0 Å². The molecular formula is C29H30F5N3O3. The number of benzene rings is 2. The van der Waals surface area contributed by atoms with Crippen molar-refractivity contribution in [1.29, 1.82) is 0 Å². The maximum Gasteiger partial charge on any atom is 0.435 e. The van der Waals surface area contributed by atoms with Gasteiger partial charge in [-0.3, -0.25) is 14.3 Å². The highest BCUT2D eigenvalue weighted by molar-refractivity contribution is 5.97. The van der Waals surface area contributed by atoms with Crippen LogP contribution in [0.2, 0.25) is 0 Å². The Morgan fingerprint density at radius 1 is 1.12 bits per heavy atom. The zero-order valence-electron chi connectivity index (χ0n) is 22.4. The lowest BCUT2D eigenvalue weighted by Crippen LogP contribution is -2.36. The number of Topliss-reactive ketones (excluding diaryl/α,β-unsaturated/α-hetero) is 1. The second-order valence-electron chi connectivity index (χ2n) is 10.2. The van der Waals surface area contributed by atoms with Crippen LogP contribution in [0.25, 0.3) is 0 Å². The molecule has 40 heavy (non-hydrogen) atoms. The first kappa shape index (κ1) is 29.2. The van der Waals surface area contributed by atoms with Crippen molar-refractivity contribution in [2.24, 2.45) is 5.92 Å². The number of aromatic nitrogens is 2. The number of carbonyl (C=O) groups excluding carboxylic acids is 2. The van der Waals surface area contributed by atoms with Crippen LogP contribution in [0.15, 0.2) is 42.5 Å². The van der Waals surface area contributed by atoms with Crippen molar-refractivity contribution < 1.29 is 36.3 Å². The number of methoxy groups -OCH3 is 1. The van der Waals surface area contributed by atoms with Crippen LogP contribution in [0.4, 0.5) is 27.6 Å². The molecule has 11 heteroatoms. The molecule has 0 aliphatic heterocycles. The molecule has 0 saturated heterocycles. The van der Waals surface area contributed by atoms with E-state index in [4.69, 9.17) is 4.74 Å². The van der Waals surface area contributed by atoms with E-state index >= 15 is 0 Å². The Morgan fingerprint density at radius 3 is 2.38 bits per heavy atom. The molecule has 0 bridgehead atoms. The summed E-state index contributed by atoms with van der Waals surface area (Å²) in [6.45, 7) is 1.35. The summed E-state index contributed by atoms with van der Waals surface area (Å²) < 4.78 is 75.1. The number of nitrogens with zero attached hydrogens (tertiary/aromatic N) is 3. The average molecular weight is 564 g/mol. The number of ketones is 1. The van der Waals surface area contributed by atoms with Gasteiger partial charge in [-0.25, -0.2) is 8.78 Å². The third kappa shape index (κ3) is 6.51. The van der Waals surface area contributed by atoms with E-state index in [1.54, 1.807) is 31.2 Å². The largest absolute Gasteiger partial charge is 0.497 e. The molecule has 1 aliphatic rings. The van der Waals surface area contributed by atoms with E-state index in [0.717, 1.165) is 16.8 Å². The molecule has 1 aliphatic carbocycles. The Bertz CT molecular complexity index is 1360. The van der Waals surface area contributed by atoms with Gasteiger partial charge in [-0.05, 0) is 73.6 Å². The maximum absolute atomic E-state index is 13.9. The summed E-state index contributed by atoms with van der Waals surface area (Å²) in [5.74, 6) is -3.34. The fourth-order valence-electron chi connectivity index (χ4n) is 5.35. The fourth-order valence-corrected chi connectivity index (χ4v) is 5.35. The smallest absolute Gasteiger partial charge is 0.435 e. The lowest BCUT2D eigenvalue weighted by Gasteiger charge is -2.25. The van der Waals surface area contributed by atoms with Gasteiger partial charge >= 0.3 is 6.18 Å². The average Bonchev–Trinajstić information content (AvgIpc) is 3.27. The predicted octanol–water partition coefficient (Wildman–Crippen LogP) is 6.11. The third-order valence-corrected chi connectivity index (χ3v) is 7.24. The summed E-state index contributed by atoms with van der Waals surface area (Å²) >= 11 is 0. The van der Waals surface area contributed by atoms with Gasteiger partial charge in [-0.15, -0.1) is 0 Å². The van der Waals surface area contributed by atoms with Gasteiger partial charge in [0.2, 0.25) is 5.91 Å². The first-order chi connectivity index (χ1) is 18.9. The lowest BCUT2D eigenvalue weighted by molar-refractivity contribution is -0.142. The monoisotopic (exact) mass is 563 g/mol. The summed E-state index contributed by atoms with van der Waals surface area (Å²) in [6, 6.07) is 9.48. The molecule has 1 aromatic heterocycles. The molecule has 214 valence electrons. The Morgan fingerprint density at radius 2 is 1.77 bits per heavy atom. The van der Waals surface area contributed by atoms with Crippen molar-refractivity contribution >= 4 is 17.4 Å². The number of carbonyl (C=O) groups is 2. The van der Waals surface area contributed by atoms with Crippen LogP contribution in [0.1, 0.15) is 54.6 Å². The molecule has 0 fully saturated rings. The molecule has 3 aromatic rings. The van der Waals surface area contributed by atoms with Gasteiger partial charge in [-0.2, -0.15) is 18.3 Å². The minimum absolute atomic E-state index is 0.112. The fraction of sp³-hybridized carbons (Fsp3) is 0.414. The molecular weight excluding hydrogens is 533 g/mol. The molecule has 1 heterocycles. The van der Waals surface area contributed by atoms with Crippen LogP contribution in [0.5, 0.6) is 5.75 Å². The van der Waals surface area contributed by atoms with Gasteiger partial charge in [-0.1, -0.05) is 6.92 Å². The quantitative estimate of drug-likeness (QED) is 0.295. The number of hydrogen-bond acceptors (Lipinski definition) is 4.